The molecule has 4 N–H and O–H groups in total. The number of aliphatic hydroxyl groups is 2. The van der Waals surface area contributed by atoms with Crippen molar-refractivity contribution in [1.29, 1.82) is 0 Å². The van der Waals surface area contributed by atoms with E-state index in [0.717, 1.165) is 5.56 Å². The van der Waals surface area contributed by atoms with Crippen LogP contribution in [0.25, 0.3) is 11.0 Å². The number of rotatable bonds is 2. The molecule has 1 aliphatic rings. The lowest BCUT2D eigenvalue weighted by atomic mass is 10.2. The third kappa shape index (κ3) is 2.03. The summed E-state index contributed by atoms with van der Waals surface area (Å²) in [6.45, 7) is 1.73. The number of hydrogen-bond acceptors (Lipinski definition) is 6. The Morgan fingerprint density at radius 1 is 1.55 bits per heavy atom. The number of aromatic nitrogens is 3. The van der Waals surface area contributed by atoms with Crippen LogP contribution in [0.2, 0.25) is 5.15 Å². The smallest absolute Gasteiger partial charge is 0.223 e. The van der Waals surface area contributed by atoms with Crippen LogP contribution in [0.1, 0.15) is 18.2 Å². The first-order valence-corrected chi connectivity index (χ1v) is 6.63. The molecule has 2 unspecified atom stereocenters. The highest BCUT2D eigenvalue weighted by Crippen LogP contribution is 2.34. The Labute approximate surface area is 120 Å². The zero-order valence-corrected chi connectivity index (χ0v) is 11.6. The molecule has 1 saturated heterocycles. The monoisotopic (exact) mass is 298 g/mol. The molecule has 2 aromatic rings. The van der Waals surface area contributed by atoms with E-state index in [4.69, 9.17) is 27.2 Å². The van der Waals surface area contributed by atoms with E-state index in [-0.39, 0.29) is 23.8 Å². The first kappa shape index (κ1) is 13.6. The largest absolute Gasteiger partial charge is 0.394 e. The van der Waals surface area contributed by atoms with Crippen molar-refractivity contribution in [2.24, 2.45) is 0 Å². The van der Waals surface area contributed by atoms with Crippen LogP contribution in [-0.2, 0) is 4.74 Å². The van der Waals surface area contributed by atoms with Crippen LogP contribution >= 0.6 is 11.6 Å². The normalized spacial score (nSPS) is 26.5. The lowest BCUT2D eigenvalue weighted by molar-refractivity contribution is -0.0484. The highest BCUT2D eigenvalue weighted by molar-refractivity contribution is 6.34. The van der Waals surface area contributed by atoms with E-state index in [1.165, 1.54) is 0 Å². The summed E-state index contributed by atoms with van der Waals surface area (Å²) in [5.41, 5.74) is 7.01. The summed E-state index contributed by atoms with van der Waals surface area (Å²) in [5.74, 6) is 0.0630. The molecule has 0 bridgehead atoms. The quantitative estimate of drug-likeness (QED) is 0.702. The van der Waals surface area contributed by atoms with E-state index in [2.05, 4.69) is 9.97 Å². The van der Waals surface area contributed by atoms with Crippen LogP contribution in [0.4, 0.5) is 5.95 Å². The predicted octanol–water partition coefficient (Wildman–Crippen LogP) is 0.616. The van der Waals surface area contributed by atoms with Crippen molar-refractivity contribution >= 4 is 28.6 Å². The second-order valence-electron chi connectivity index (χ2n) is 4.92. The highest BCUT2D eigenvalue weighted by atomic mass is 35.5. The summed E-state index contributed by atoms with van der Waals surface area (Å²) in [5, 5.41) is 20.2. The van der Waals surface area contributed by atoms with Gasteiger partial charge < -0.3 is 25.3 Å². The molecular formula is C12H15ClN4O3. The van der Waals surface area contributed by atoms with Crippen LogP contribution in [-0.4, -0.2) is 43.6 Å². The summed E-state index contributed by atoms with van der Waals surface area (Å²) in [7, 11) is 0. The van der Waals surface area contributed by atoms with Gasteiger partial charge in [-0.25, -0.2) is 4.98 Å². The van der Waals surface area contributed by atoms with Crippen molar-refractivity contribution in [1.82, 2.24) is 14.5 Å². The SMILES string of the molecule is Cc1cn(C2OC(CO)C[C@@H]2O)c2nc(N)nc(Cl)c12. The molecule has 7 nitrogen and oxygen atoms in total. The molecular weight excluding hydrogens is 284 g/mol. The van der Waals surface area contributed by atoms with E-state index in [9.17, 15) is 5.11 Å². The molecule has 8 heteroatoms. The van der Waals surface area contributed by atoms with Crippen LogP contribution in [0.3, 0.4) is 0 Å². The number of halogens is 1. The van der Waals surface area contributed by atoms with E-state index >= 15 is 0 Å². The van der Waals surface area contributed by atoms with Gasteiger partial charge in [-0.05, 0) is 12.5 Å². The Balaban J connectivity index is 2.13. The number of nitrogens with zero attached hydrogens (tertiary/aromatic N) is 3. The molecule has 0 aromatic carbocycles. The molecule has 0 saturated carbocycles. The van der Waals surface area contributed by atoms with Crippen molar-refractivity contribution in [2.45, 2.75) is 31.8 Å². The van der Waals surface area contributed by atoms with Crippen molar-refractivity contribution < 1.29 is 14.9 Å². The average Bonchev–Trinajstić information content (AvgIpc) is 2.90. The van der Waals surface area contributed by atoms with Crippen molar-refractivity contribution in [3.8, 4) is 0 Å². The summed E-state index contributed by atoms with van der Waals surface area (Å²) in [6, 6.07) is 0. The topological polar surface area (TPSA) is 106 Å². The Morgan fingerprint density at radius 3 is 2.95 bits per heavy atom. The van der Waals surface area contributed by atoms with Crippen LogP contribution in [0.5, 0.6) is 0 Å². The van der Waals surface area contributed by atoms with Gasteiger partial charge >= 0.3 is 0 Å². The highest BCUT2D eigenvalue weighted by Gasteiger charge is 2.36. The maximum Gasteiger partial charge on any atom is 0.223 e. The zero-order chi connectivity index (χ0) is 14.4. The molecule has 3 rings (SSSR count). The zero-order valence-electron chi connectivity index (χ0n) is 10.8. The van der Waals surface area contributed by atoms with E-state index in [1.807, 2.05) is 6.92 Å². The molecule has 0 radical (unpaired) electrons. The number of aryl methyl sites for hydroxylation is 1. The van der Waals surface area contributed by atoms with Gasteiger partial charge in [0.05, 0.1) is 18.1 Å². The molecule has 3 heterocycles. The van der Waals surface area contributed by atoms with Crippen molar-refractivity contribution in [3.63, 3.8) is 0 Å². The van der Waals surface area contributed by atoms with Gasteiger partial charge in [-0.3, -0.25) is 0 Å². The maximum absolute atomic E-state index is 10.1. The summed E-state index contributed by atoms with van der Waals surface area (Å²) < 4.78 is 7.32. The van der Waals surface area contributed by atoms with Crippen LogP contribution < -0.4 is 5.73 Å². The standard InChI is InChI=1S/C12H15ClN4O3/c1-5-3-17(11-7(19)2-6(4-18)20-11)10-8(5)9(13)15-12(14)16-10/h3,6-7,11,18-19H,2,4H2,1H3,(H2,14,15,16)/t6?,7-,11?/m0/s1. The fourth-order valence-electron chi connectivity index (χ4n) is 2.59. The lowest BCUT2D eigenvalue weighted by Crippen LogP contribution is -2.19. The van der Waals surface area contributed by atoms with Gasteiger partial charge in [-0.15, -0.1) is 0 Å². The van der Waals surface area contributed by atoms with Gasteiger partial charge in [-0.2, -0.15) is 4.98 Å². The number of ether oxygens (including phenoxy) is 1. The second-order valence-corrected chi connectivity index (χ2v) is 5.28. The number of nitrogens with two attached hydrogens (primary N) is 1. The van der Waals surface area contributed by atoms with Crippen molar-refractivity contribution in [2.75, 3.05) is 12.3 Å². The number of nitrogen functional groups attached to an aromatic ring is 1. The molecule has 0 aliphatic carbocycles. The van der Waals surface area contributed by atoms with Gasteiger partial charge in [0.15, 0.2) is 6.23 Å². The molecule has 108 valence electrons. The fourth-order valence-corrected chi connectivity index (χ4v) is 2.91. The molecule has 20 heavy (non-hydrogen) atoms. The minimum atomic E-state index is -0.725. The molecule has 1 fully saturated rings. The second kappa shape index (κ2) is 4.85. The Bertz CT molecular complexity index is 660. The molecule has 0 amide bonds. The summed E-state index contributed by atoms with van der Waals surface area (Å²) in [6.07, 6.45) is 0.431. The molecule has 1 aliphatic heterocycles. The van der Waals surface area contributed by atoms with Crippen molar-refractivity contribution in [3.05, 3.63) is 16.9 Å². The van der Waals surface area contributed by atoms with E-state index < -0.39 is 12.3 Å². The maximum atomic E-state index is 10.1. The molecule has 3 atom stereocenters. The summed E-state index contributed by atoms with van der Waals surface area (Å²) in [4.78, 5) is 8.11. The van der Waals surface area contributed by atoms with Gasteiger partial charge in [0, 0.05) is 12.6 Å². The van der Waals surface area contributed by atoms with Gasteiger partial charge in [-0.1, -0.05) is 11.6 Å². The van der Waals surface area contributed by atoms with Crippen LogP contribution in [0.15, 0.2) is 6.20 Å². The third-order valence-electron chi connectivity index (χ3n) is 3.48. The van der Waals surface area contributed by atoms with Gasteiger partial charge in [0.2, 0.25) is 5.95 Å². The Kier molecular flexibility index (Phi) is 3.29. The number of fused-ring (bicyclic) bond motifs is 1. The fraction of sp³-hybridized carbons (Fsp3) is 0.500. The third-order valence-corrected chi connectivity index (χ3v) is 3.75. The lowest BCUT2D eigenvalue weighted by Gasteiger charge is -2.17. The van der Waals surface area contributed by atoms with E-state index in [0.29, 0.717) is 17.5 Å². The first-order chi connectivity index (χ1) is 9.51. The minimum absolute atomic E-state index is 0.0630. The Morgan fingerprint density at radius 2 is 2.30 bits per heavy atom. The number of aliphatic hydroxyl groups excluding tert-OH is 2. The molecule has 0 spiro atoms. The average molecular weight is 299 g/mol. The number of anilines is 1. The van der Waals surface area contributed by atoms with Gasteiger partial charge in [0.25, 0.3) is 0 Å². The van der Waals surface area contributed by atoms with Crippen LogP contribution in [0, 0.1) is 6.92 Å². The van der Waals surface area contributed by atoms with Gasteiger partial charge in [0.1, 0.15) is 16.9 Å². The summed E-state index contributed by atoms with van der Waals surface area (Å²) >= 11 is 6.09. The van der Waals surface area contributed by atoms with E-state index in [1.54, 1.807) is 10.8 Å². The molecule has 2 aromatic heterocycles. The minimum Gasteiger partial charge on any atom is -0.394 e. The predicted molar refractivity (Wildman–Crippen MR) is 73.3 cm³/mol. The first-order valence-electron chi connectivity index (χ1n) is 6.25. The Hall–Kier alpha value is -1.41. The number of hydrogen-bond donors (Lipinski definition) is 3.